The minimum atomic E-state index is -0.743. The van der Waals surface area contributed by atoms with E-state index in [0.717, 1.165) is 25.7 Å². The van der Waals surface area contributed by atoms with Crippen molar-refractivity contribution < 1.29 is 23.9 Å². The Bertz CT molecular complexity index is 641. The van der Waals surface area contributed by atoms with E-state index in [-0.39, 0.29) is 24.5 Å². The molecule has 2 fully saturated rings. The summed E-state index contributed by atoms with van der Waals surface area (Å²) in [5, 5.41) is 0. The van der Waals surface area contributed by atoms with Crippen LogP contribution in [0.4, 0.5) is 4.79 Å². The van der Waals surface area contributed by atoms with Gasteiger partial charge in [0.25, 0.3) is 0 Å². The third-order valence-electron chi connectivity index (χ3n) is 6.03. The first-order valence-electron chi connectivity index (χ1n) is 11.1. The Morgan fingerprint density at radius 1 is 0.933 bits per heavy atom. The van der Waals surface area contributed by atoms with Crippen LogP contribution in [-0.4, -0.2) is 65.2 Å². The highest BCUT2D eigenvalue weighted by molar-refractivity contribution is 5.84. The molecule has 0 aromatic heterocycles. The Morgan fingerprint density at radius 2 is 1.50 bits per heavy atom. The van der Waals surface area contributed by atoms with Crippen molar-refractivity contribution in [1.82, 2.24) is 9.80 Å². The number of hydrogen-bond acceptors (Lipinski definition) is 5. The van der Waals surface area contributed by atoms with Gasteiger partial charge in [-0.15, -0.1) is 0 Å². The number of carbonyl (C=O) groups excluding carboxylic acids is 3. The highest BCUT2D eigenvalue weighted by atomic mass is 16.6. The van der Waals surface area contributed by atoms with E-state index >= 15 is 0 Å². The molecule has 1 aliphatic heterocycles. The molecule has 0 aromatic rings. The average molecular weight is 425 g/mol. The van der Waals surface area contributed by atoms with Gasteiger partial charge in [0, 0.05) is 24.4 Å². The van der Waals surface area contributed by atoms with Crippen molar-refractivity contribution in [2.45, 2.75) is 104 Å². The van der Waals surface area contributed by atoms with E-state index in [0.29, 0.717) is 12.3 Å². The second-order valence-corrected chi connectivity index (χ2v) is 10.9. The third-order valence-corrected chi connectivity index (χ3v) is 6.03. The van der Waals surface area contributed by atoms with Crippen molar-refractivity contribution in [2.75, 3.05) is 13.7 Å². The minimum absolute atomic E-state index is 0.0710. The smallest absolute Gasteiger partial charge is 0.411 e. The predicted octanol–water partition coefficient (Wildman–Crippen LogP) is 3.99. The first kappa shape index (κ1) is 24.5. The highest BCUT2D eigenvalue weighted by Gasteiger charge is 2.48. The molecule has 1 saturated heterocycles. The molecule has 7 heteroatoms. The van der Waals surface area contributed by atoms with Gasteiger partial charge >= 0.3 is 12.1 Å². The van der Waals surface area contributed by atoms with Gasteiger partial charge in [0.1, 0.15) is 11.6 Å². The van der Waals surface area contributed by atoms with Crippen LogP contribution in [0, 0.1) is 11.3 Å². The molecule has 1 aliphatic carbocycles. The Morgan fingerprint density at radius 3 is 1.97 bits per heavy atom. The molecule has 2 amide bonds. The standard InChI is InChI=1S/C23H40N2O5/c1-15-9-11-16(12-10-15)25(20(27)22(2,3)4)17-13-18(19(26)29-8)24(14-17)21(28)30-23(5,6)7/h15-18H,9-14H2,1-8H3/t15?,16?,17-,18-/m0/s1. The van der Waals surface area contributed by atoms with Gasteiger partial charge in [0.15, 0.2) is 0 Å². The molecule has 30 heavy (non-hydrogen) atoms. The number of amides is 2. The number of ether oxygens (including phenoxy) is 2. The molecule has 0 radical (unpaired) electrons. The van der Waals surface area contributed by atoms with E-state index in [2.05, 4.69) is 6.92 Å². The van der Waals surface area contributed by atoms with Gasteiger partial charge < -0.3 is 14.4 Å². The fourth-order valence-electron chi connectivity index (χ4n) is 4.43. The van der Waals surface area contributed by atoms with Gasteiger partial charge in [0.2, 0.25) is 5.91 Å². The van der Waals surface area contributed by atoms with Crippen LogP contribution in [0.1, 0.15) is 80.6 Å². The first-order chi connectivity index (χ1) is 13.7. The number of likely N-dealkylation sites (tertiary alicyclic amines) is 1. The van der Waals surface area contributed by atoms with Gasteiger partial charge in [-0.25, -0.2) is 9.59 Å². The second kappa shape index (κ2) is 9.15. The lowest BCUT2D eigenvalue weighted by Gasteiger charge is -2.42. The summed E-state index contributed by atoms with van der Waals surface area (Å²) in [6.45, 7) is 13.7. The van der Waals surface area contributed by atoms with Crippen molar-refractivity contribution in [3.8, 4) is 0 Å². The van der Waals surface area contributed by atoms with Crippen LogP contribution in [0.25, 0.3) is 0 Å². The van der Waals surface area contributed by atoms with Gasteiger partial charge in [-0.05, 0) is 52.4 Å². The van der Waals surface area contributed by atoms with E-state index in [1.54, 1.807) is 20.8 Å². The molecule has 1 saturated carbocycles. The zero-order chi connectivity index (χ0) is 22.9. The molecule has 172 valence electrons. The predicted molar refractivity (Wildman–Crippen MR) is 115 cm³/mol. The molecule has 2 rings (SSSR count). The summed E-state index contributed by atoms with van der Waals surface area (Å²) < 4.78 is 10.5. The summed E-state index contributed by atoms with van der Waals surface area (Å²) in [4.78, 5) is 42.2. The lowest BCUT2D eigenvalue weighted by atomic mass is 9.84. The van der Waals surface area contributed by atoms with Gasteiger partial charge in [-0.2, -0.15) is 0 Å². The van der Waals surface area contributed by atoms with Gasteiger partial charge in [-0.3, -0.25) is 9.69 Å². The summed E-state index contributed by atoms with van der Waals surface area (Å²) in [6, 6.07) is -0.839. The Hall–Kier alpha value is -1.79. The van der Waals surface area contributed by atoms with Crippen molar-refractivity contribution in [3.05, 3.63) is 0 Å². The molecule has 0 unspecified atom stereocenters. The van der Waals surface area contributed by atoms with Crippen molar-refractivity contribution in [3.63, 3.8) is 0 Å². The maximum Gasteiger partial charge on any atom is 0.411 e. The zero-order valence-electron chi connectivity index (χ0n) is 20.0. The van der Waals surface area contributed by atoms with Crippen LogP contribution in [-0.2, 0) is 19.1 Å². The Balaban J connectivity index is 2.32. The molecule has 0 bridgehead atoms. The number of nitrogens with zero attached hydrogens (tertiary/aromatic N) is 2. The van der Waals surface area contributed by atoms with Crippen molar-refractivity contribution in [2.24, 2.45) is 11.3 Å². The fraction of sp³-hybridized carbons (Fsp3) is 0.870. The van der Waals surface area contributed by atoms with Crippen LogP contribution in [0.3, 0.4) is 0 Å². The lowest BCUT2D eigenvalue weighted by Crippen LogP contribution is -2.53. The molecule has 0 spiro atoms. The Kier molecular flexibility index (Phi) is 7.46. The first-order valence-corrected chi connectivity index (χ1v) is 11.1. The van der Waals surface area contributed by atoms with E-state index in [4.69, 9.17) is 9.47 Å². The summed E-state index contributed by atoms with van der Waals surface area (Å²) in [5.41, 5.74) is -1.21. The van der Waals surface area contributed by atoms with Crippen LogP contribution in [0.15, 0.2) is 0 Å². The van der Waals surface area contributed by atoms with E-state index in [9.17, 15) is 14.4 Å². The monoisotopic (exact) mass is 424 g/mol. The molecular formula is C23H40N2O5. The Labute approximate surface area is 181 Å². The topological polar surface area (TPSA) is 76.2 Å². The summed E-state index contributed by atoms with van der Waals surface area (Å²) in [5.74, 6) is 0.267. The second-order valence-electron chi connectivity index (χ2n) is 10.9. The van der Waals surface area contributed by atoms with E-state index < -0.39 is 29.1 Å². The maximum absolute atomic E-state index is 13.5. The van der Waals surface area contributed by atoms with Crippen molar-refractivity contribution in [1.29, 1.82) is 0 Å². The lowest BCUT2D eigenvalue weighted by molar-refractivity contribution is -0.147. The van der Waals surface area contributed by atoms with Gasteiger partial charge in [-0.1, -0.05) is 27.7 Å². The number of methoxy groups -OCH3 is 1. The van der Waals surface area contributed by atoms with E-state index in [1.165, 1.54) is 12.0 Å². The molecule has 7 nitrogen and oxygen atoms in total. The minimum Gasteiger partial charge on any atom is -0.467 e. The van der Waals surface area contributed by atoms with Crippen LogP contribution >= 0.6 is 0 Å². The van der Waals surface area contributed by atoms with E-state index in [1.807, 2.05) is 25.7 Å². The van der Waals surface area contributed by atoms with Crippen LogP contribution in [0.2, 0.25) is 0 Å². The van der Waals surface area contributed by atoms with Crippen molar-refractivity contribution >= 4 is 18.0 Å². The normalized spacial score (nSPS) is 27.5. The maximum atomic E-state index is 13.5. The molecule has 0 aromatic carbocycles. The molecule has 0 N–H and O–H groups in total. The SMILES string of the molecule is COC(=O)[C@@H]1C[C@H](N(C(=O)C(C)(C)C)C2CCC(C)CC2)CN1C(=O)OC(C)(C)C. The average Bonchev–Trinajstić information content (AvgIpc) is 3.05. The fourth-order valence-corrected chi connectivity index (χ4v) is 4.43. The van der Waals surface area contributed by atoms with Crippen LogP contribution in [0.5, 0.6) is 0 Å². The third kappa shape index (κ3) is 5.88. The molecule has 2 atom stereocenters. The quantitative estimate of drug-likeness (QED) is 0.640. The summed E-state index contributed by atoms with van der Waals surface area (Å²) in [6.07, 6.45) is 3.91. The van der Waals surface area contributed by atoms with Crippen LogP contribution < -0.4 is 0 Å². The number of hydrogen-bond donors (Lipinski definition) is 0. The number of carbonyl (C=O) groups is 3. The number of esters is 1. The molecular weight excluding hydrogens is 384 g/mol. The van der Waals surface area contributed by atoms with Gasteiger partial charge in [0.05, 0.1) is 13.2 Å². The zero-order valence-corrected chi connectivity index (χ0v) is 20.0. The molecule has 1 heterocycles. The summed E-state index contributed by atoms with van der Waals surface area (Å²) >= 11 is 0. The summed E-state index contributed by atoms with van der Waals surface area (Å²) in [7, 11) is 1.32. The molecule has 2 aliphatic rings. The largest absolute Gasteiger partial charge is 0.467 e. The highest BCUT2D eigenvalue weighted by Crippen LogP contribution is 2.35. The number of rotatable bonds is 3.